The van der Waals surface area contributed by atoms with Crippen LogP contribution in [-0.2, 0) is 46.4 Å². The van der Waals surface area contributed by atoms with Gasteiger partial charge in [0.25, 0.3) is 0 Å². The fourth-order valence-corrected chi connectivity index (χ4v) is 27.0. The number of hydrogen-bond donors (Lipinski definition) is 0. The summed E-state index contributed by atoms with van der Waals surface area (Å²) in [6, 6.07) is 31.9. The van der Waals surface area contributed by atoms with E-state index in [1.807, 2.05) is 0 Å². The Balaban J connectivity index is 0.00000302. The zero-order valence-corrected chi connectivity index (χ0v) is 38.6. The van der Waals surface area contributed by atoms with Gasteiger partial charge in [-0.2, -0.15) is 0 Å². The molecule has 0 spiro atoms. The molecule has 0 N–H and O–H groups in total. The van der Waals surface area contributed by atoms with Crippen LogP contribution in [0.4, 0.5) is 0 Å². The van der Waals surface area contributed by atoms with Gasteiger partial charge in [-0.1, -0.05) is 0 Å². The van der Waals surface area contributed by atoms with Gasteiger partial charge in [-0.05, 0) is 0 Å². The normalized spacial score (nSPS) is 16.3. The monoisotopic (exact) mass is 812 g/mol. The molecule has 0 saturated heterocycles. The zero-order chi connectivity index (χ0) is 36.8. The van der Waals surface area contributed by atoms with Crippen LogP contribution in [0.15, 0.2) is 99.9 Å². The molecule has 0 fully saturated rings. The van der Waals surface area contributed by atoms with E-state index < -0.39 is 18.3 Å². The van der Waals surface area contributed by atoms with E-state index in [9.17, 15) is 0 Å². The molecule has 0 radical (unpaired) electrons. The summed E-state index contributed by atoms with van der Waals surface area (Å²) in [6.45, 7) is 32.9. The van der Waals surface area contributed by atoms with Crippen molar-refractivity contribution < 1.29 is 18.3 Å². The van der Waals surface area contributed by atoms with E-state index in [2.05, 4.69) is 188 Å². The first-order valence-corrected chi connectivity index (χ1v) is 25.6. The van der Waals surface area contributed by atoms with Crippen molar-refractivity contribution >= 4 is 38.8 Å². The number of rotatable bonds is 4. The van der Waals surface area contributed by atoms with Crippen LogP contribution in [0.5, 0.6) is 0 Å². The molecular weight excluding hydrogens is 751 g/mol. The summed E-state index contributed by atoms with van der Waals surface area (Å²) < 4.78 is 11.9. The minimum atomic E-state index is -5.08. The molecule has 3 heteroatoms. The topological polar surface area (TPSA) is 0 Å². The molecule has 4 aromatic carbocycles. The van der Waals surface area contributed by atoms with Crippen LogP contribution in [0.3, 0.4) is 0 Å². The van der Waals surface area contributed by atoms with Gasteiger partial charge in [-0.25, -0.2) is 0 Å². The Morgan fingerprint density at radius 1 is 0.577 bits per heavy atom. The van der Waals surface area contributed by atoms with Crippen molar-refractivity contribution in [1.82, 2.24) is 0 Å². The molecule has 0 amide bonds. The molecule has 0 bridgehead atoms. The Hall–Kier alpha value is -2.31. The van der Waals surface area contributed by atoms with E-state index in [-0.39, 0.29) is 46.5 Å². The van der Waals surface area contributed by atoms with Gasteiger partial charge < -0.3 is 0 Å². The molecule has 0 aromatic heterocycles. The average Bonchev–Trinajstić information content (AvgIpc) is 3.57. The van der Waals surface area contributed by atoms with Gasteiger partial charge in [0, 0.05) is 0 Å². The molecular formula is C49H64Cl2Zr. The van der Waals surface area contributed by atoms with Gasteiger partial charge in [0.15, 0.2) is 0 Å². The Labute approximate surface area is 330 Å². The molecule has 1 atom stereocenters. The molecule has 278 valence electrons. The third-order valence-corrected chi connectivity index (χ3v) is 28.7. The van der Waals surface area contributed by atoms with Crippen molar-refractivity contribution in [2.45, 2.75) is 125 Å². The summed E-state index contributed by atoms with van der Waals surface area (Å²) in [6.07, 6.45) is 6.00. The number of fused-ring (bicyclic) bond motifs is 3. The second kappa shape index (κ2) is 13.8. The Morgan fingerprint density at radius 2 is 1.02 bits per heavy atom. The van der Waals surface area contributed by atoms with Crippen molar-refractivity contribution in [3.05, 3.63) is 133 Å². The number of halogens is 2. The van der Waals surface area contributed by atoms with Crippen LogP contribution in [0, 0.1) is 5.92 Å². The Bertz CT molecular complexity index is 2050. The second-order valence-electron chi connectivity index (χ2n) is 20.0. The van der Waals surface area contributed by atoms with Gasteiger partial charge in [-0.3, -0.25) is 0 Å². The molecule has 4 aromatic rings. The Morgan fingerprint density at radius 3 is 1.42 bits per heavy atom. The minimum absolute atomic E-state index is 0. The predicted molar refractivity (Wildman–Crippen MR) is 234 cm³/mol. The Kier molecular flexibility index (Phi) is 11.2. The van der Waals surface area contributed by atoms with Crippen molar-refractivity contribution in [2.75, 3.05) is 0 Å². The summed E-state index contributed by atoms with van der Waals surface area (Å²) in [5.41, 5.74) is 12.9. The van der Waals surface area contributed by atoms with E-state index in [0.29, 0.717) is 5.92 Å². The third-order valence-electron chi connectivity index (χ3n) is 12.1. The SMILES string of the molecule is Cl.Cl.[CH2]=[Zr]([C]1=CC(C)=CC1C)([c]1ccc(C(C)(C)C)cc1)([c]1ccc(C(C)(C)C)cc1)[c]1c(C(C)(C)C)ccc2c1Cc1cc(C(C)(C)C)ccc1-2. The molecule has 52 heavy (non-hydrogen) atoms. The van der Waals surface area contributed by atoms with Crippen LogP contribution in [0.25, 0.3) is 11.1 Å². The average molecular weight is 815 g/mol. The van der Waals surface area contributed by atoms with Crippen LogP contribution >= 0.6 is 24.8 Å². The van der Waals surface area contributed by atoms with Crippen molar-refractivity contribution in [2.24, 2.45) is 5.92 Å². The zero-order valence-electron chi connectivity index (χ0n) is 34.5. The van der Waals surface area contributed by atoms with Crippen LogP contribution in [0.2, 0.25) is 0 Å². The molecule has 0 aliphatic heterocycles. The van der Waals surface area contributed by atoms with Gasteiger partial charge >= 0.3 is 308 Å². The molecule has 0 heterocycles. The molecule has 2 aliphatic carbocycles. The summed E-state index contributed by atoms with van der Waals surface area (Å²) in [5, 5.41) is 0. The van der Waals surface area contributed by atoms with Gasteiger partial charge in [-0.15, -0.1) is 24.8 Å². The summed E-state index contributed by atoms with van der Waals surface area (Å²) in [5.74, 6) is 0.294. The summed E-state index contributed by atoms with van der Waals surface area (Å²) in [4.78, 5) is 0. The maximum atomic E-state index is 5.94. The number of allylic oxidation sites excluding steroid dienone is 4. The van der Waals surface area contributed by atoms with E-state index in [1.54, 1.807) is 6.55 Å². The van der Waals surface area contributed by atoms with Crippen molar-refractivity contribution in [3.63, 3.8) is 0 Å². The fraction of sp³-hybridized carbons (Fsp3) is 0.408. The van der Waals surface area contributed by atoms with E-state index in [4.69, 9.17) is 4.21 Å². The molecule has 1 unspecified atom stereocenters. The van der Waals surface area contributed by atoms with Crippen LogP contribution in [0.1, 0.15) is 130 Å². The first-order valence-electron chi connectivity index (χ1n) is 18.9. The third kappa shape index (κ3) is 6.80. The van der Waals surface area contributed by atoms with Crippen molar-refractivity contribution in [1.29, 1.82) is 0 Å². The standard InChI is InChI=1S/C21H25.2C10H13.C7H9.CH2.2ClH.Zr/c1-20(2,3)16-7-9-18-14(12-16)11-15-13-17(21(4,5)6)8-10-19(15)18;2*1-10(2,3)9-7-5-4-6-8-9;1-6-3-4-7(2)5-6;;;;/h7-10,12H,11H2,1-6H3;2*5-8H,1-3H3;3,5,7H,1-2H3;1H2;2*1H;. The molecule has 0 saturated carbocycles. The van der Waals surface area contributed by atoms with Crippen molar-refractivity contribution in [3.8, 4) is 11.1 Å². The fourth-order valence-electron chi connectivity index (χ4n) is 9.18. The molecule has 0 nitrogen and oxygen atoms in total. The van der Waals surface area contributed by atoms with Gasteiger partial charge in [0.05, 0.1) is 0 Å². The predicted octanol–water partition coefficient (Wildman–Crippen LogP) is 12.2. The van der Waals surface area contributed by atoms with Gasteiger partial charge in [0.2, 0.25) is 0 Å². The van der Waals surface area contributed by atoms with E-state index in [1.165, 1.54) is 56.6 Å². The first kappa shape index (κ1) is 42.4. The van der Waals surface area contributed by atoms with E-state index >= 15 is 0 Å². The maximum absolute atomic E-state index is 5.94. The number of hydrogen-bond acceptors (Lipinski definition) is 0. The van der Waals surface area contributed by atoms with Crippen LogP contribution in [-0.4, -0.2) is 4.21 Å². The molecule has 6 rings (SSSR count). The van der Waals surface area contributed by atoms with E-state index in [0.717, 1.165) is 6.42 Å². The quantitative estimate of drug-likeness (QED) is 0.170. The first-order chi connectivity index (χ1) is 23.0. The summed E-state index contributed by atoms with van der Waals surface area (Å²) >= 11 is -5.08. The summed E-state index contributed by atoms with van der Waals surface area (Å²) in [7, 11) is 0. The van der Waals surface area contributed by atoms with Crippen LogP contribution < -0.4 is 9.81 Å². The molecule has 2 aliphatic rings. The van der Waals surface area contributed by atoms with Gasteiger partial charge in [0.1, 0.15) is 0 Å². The number of benzene rings is 4. The second-order valence-corrected chi connectivity index (χ2v) is 32.6.